The van der Waals surface area contributed by atoms with Crippen molar-refractivity contribution in [2.75, 3.05) is 13.2 Å². The highest BCUT2D eigenvalue weighted by atomic mass is 19.1. The molecular formula is C28H34F2N2O2. The minimum atomic E-state index is -0.942. The van der Waals surface area contributed by atoms with Gasteiger partial charge in [-0.05, 0) is 54.8 Å². The van der Waals surface area contributed by atoms with Gasteiger partial charge in [0.05, 0.1) is 0 Å². The van der Waals surface area contributed by atoms with Crippen LogP contribution < -0.4 is 9.47 Å². The average molecular weight is 469 g/mol. The molecule has 1 heterocycles. The highest BCUT2D eigenvalue weighted by molar-refractivity contribution is 5.64. The summed E-state index contributed by atoms with van der Waals surface area (Å²) < 4.78 is 38.6. The molecule has 0 fully saturated rings. The van der Waals surface area contributed by atoms with E-state index in [4.69, 9.17) is 9.47 Å². The molecule has 0 aliphatic carbocycles. The van der Waals surface area contributed by atoms with E-state index in [1.54, 1.807) is 12.4 Å². The first-order valence-electron chi connectivity index (χ1n) is 12.2. The van der Waals surface area contributed by atoms with E-state index in [0.717, 1.165) is 42.4 Å². The third kappa shape index (κ3) is 8.08. The predicted octanol–water partition coefficient (Wildman–Crippen LogP) is 7.62. The minimum Gasteiger partial charge on any atom is -0.491 e. The number of alkyl halides is 2. The van der Waals surface area contributed by atoms with E-state index in [2.05, 4.69) is 9.97 Å². The summed E-state index contributed by atoms with van der Waals surface area (Å²) in [6.07, 6.45) is 6.42. The van der Waals surface area contributed by atoms with Crippen LogP contribution >= 0.6 is 0 Å². The maximum atomic E-state index is 13.8. The summed E-state index contributed by atoms with van der Waals surface area (Å²) in [4.78, 5) is 8.96. The largest absolute Gasteiger partial charge is 0.491 e. The number of hydrogen-bond acceptors (Lipinski definition) is 4. The molecule has 4 nitrogen and oxygen atoms in total. The number of halogens is 2. The van der Waals surface area contributed by atoms with Gasteiger partial charge in [0.15, 0.2) is 5.82 Å². The van der Waals surface area contributed by atoms with Gasteiger partial charge in [0.2, 0.25) is 0 Å². The van der Waals surface area contributed by atoms with Gasteiger partial charge in [-0.3, -0.25) is 0 Å². The molecule has 0 amide bonds. The maximum Gasteiger partial charge on any atom is 0.159 e. The standard InChI is InChI=1S/C28H34F2N2O2/c1-3-5-7-24(29)19-33-26-13-9-21(10-14-26)23-17-31-28(32-18-23)22-11-15-27(16-12-22)34-20-25(30)8-6-4-2/h9-18,24-25H,3-8,19-20H2,1-2H3. The molecule has 3 rings (SSSR count). The third-order valence-electron chi connectivity index (χ3n) is 5.56. The van der Waals surface area contributed by atoms with Gasteiger partial charge in [0.1, 0.15) is 37.1 Å². The first-order chi connectivity index (χ1) is 16.6. The SMILES string of the molecule is CCCCC(F)COc1ccc(-c2cnc(-c3ccc(OCC(F)CCCC)cc3)nc2)cc1. The van der Waals surface area contributed by atoms with Gasteiger partial charge in [-0.25, -0.2) is 18.7 Å². The zero-order valence-electron chi connectivity index (χ0n) is 20.1. The molecule has 0 saturated heterocycles. The summed E-state index contributed by atoms with van der Waals surface area (Å²) in [5.41, 5.74) is 2.69. The molecule has 2 aromatic carbocycles. The van der Waals surface area contributed by atoms with Gasteiger partial charge < -0.3 is 9.47 Å². The first-order valence-corrected chi connectivity index (χ1v) is 12.2. The second-order valence-corrected chi connectivity index (χ2v) is 8.45. The zero-order valence-corrected chi connectivity index (χ0v) is 20.1. The normalized spacial score (nSPS) is 12.8. The summed E-state index contributed by atoms with van der Waals surface area (Å²) >= 11 is 0. The van der Waals surface area contributed by atoms with Crippen molar-refractivity contribution in [3.05, 3.63) is 60.9 Å². The molecule has 2 atom stereocenters. The van der Waals surface area contributed by atoms with Gasteiger partial charge in [0, 0.05) is 23.5 Å². The molecule has 0 spiro atoms. The monoisotopic (exact) mass is 468 g/mol. The molecule has 182 valence electrons. The van der Waals surface area contributed by atoms with Crippen molar-refractivity contribution in [1.29, 1.82) is 0 Å². The quantitative estimate of drug-likeness (QED) is 0.244. The molecule has 0 aliphatic heterocycles. The molecule has 3 aromatic rings. The summed E-state index contributed by atoms with van der Waals surface area (Å²) in [5.74, 6) is 1.88. The van der Waals surface area contributed by atoms with Crippen LogP contribution in [0.4, 0.5) is 8.78 Å². The lowest BCUT2D eigenvalue weighted by molar-refractivity contribution is 0.184. The van der Waals surface area contributed by atoms with Crippen LogP contribution in [0, 0.1) is 0 Å². The second kappa shape index (κ2) is 13.6. The highest BCUT2D eigenvalue weighted by Gasteiger charge is 2.09. The van der Waals surface area contributed by atoms with Gasteiger partial charge in [-0.1, -0.05) is 51.7 Å². The van der Waals surface area contributed by atoms with Crippen LogP contribution in [0.15, 0.2) is 60.9 Å². The van der Waals surface area contributed by atoms with Crippen molar-refractivity contribution in [2.45, 2.75) is 64.7 Å². The molecule has 6 heteroatoms. The van der Waals surface area contributed by atoms with E-state index in [1.165, 1.54) is 0 Å². The van der Waals surface area contributed by atoms with E-state index < -0.39 is 12.3 Å². The Bertz CT molecular complexity index is 883. The van der Waals surface area contributed by atoms with Crippen LogP contribution in [0.25, 0.3) is 22.5 Å². The Morgan fingerprint density at radius 1 is 0.647 bits per heavy atom. The Morgan fingerprint density at radius 3 is 1.53 bits per heavy atom. The van der Waals surface area contributed by atoms with Crippen LogP contribution in [0.3, 0.4) is 0 Å². The molecule has 34 heavy (non-hydrogen) atoms. The number of rotatable bonds is 14. The van der Waals surface area contributed by atoms with Crippen LogP contribution in [-0.4, -0.2) is 35.5 Å². The van der Waals surface area contributed by atoms with Crippen LogP contribution in [0.2, 0.25) is 0 Å². The van der Waals surface area contributed by atoms with Crippen molar-refractivity contribution >= 4 is 0 Å². The fourth-order valence-electron chi connectivity index (χ4n) is 3.46. The summed E-state index contributed by atoms with van der Waals surface area (Å²) in [7, 11) is 0. The third-order valence-corrected chi connectivity index (χ3v) is 5.56. The van der Waals surface area contributed by atoms with E-state index in [0.29, 0.717) is 30.2 Å². The lowest BCUT2D eigenvalue weighted by Gasteiger charge is -2.11. The minimum absolute atomic E-state index is 0.0710. The van der Waals surface area contributed by atoms with Gasteiger partial charge in [-0.15, -0.1) is 0 Å². The van der Waals surface area contributed by atoms with Gasteiger partial charge in [-0.2, -0.15) is 0 Å². The number of aromatic nitrogens is 2. The maximum absolute atomic E-state index is 13.8. The van der Waals surface area contributed by atoms with E-state index >= 15 is 0 Å². The molecule has 0 N–H and O–H groups in total. The van der Waals surface area contributed by atoms with Gasteiger partial charge >= 0.3 is 0 Å². The van der Waals surface area contributed by atoms with Crippen LogP contribution in [-0.2, 0) is 0 Å². The Labute approximate surface area is 201 Å². The molecular weight excluding hydrogens is 434 g/mol. The second-order valence-electron chi connectivity index (χ2n) is 8.45. The van der Waals surface area contributed by atoms with Crippen molar-refractivity contribution in [1.82, 2.24) is 9.97 Å². The number of ether oxygens (including phenoxy) is 2. The molecule has 0 saturated carbocycles. The fraction of sp³-hybridized carbons (Fsp3) is 0.429. The topological polar surface area (TPSA) is 44.2 Å². The van der Waals surface area contributed by atoms with E-state index in [-0.39, 0.29) is 13.2 Å². The molecule has 0 aliphatic rings. The summed E-state index contributed by atoms with van der Waals surface area (Å²) in [5, 5.41) is 0. The highest BCUT2D eigenvalue weighted by Crippen LogP contribution is 2.24. The molecule has 0 radical (unpaired) electrons. The number of benzene rings is 2. The van der Waals surface area contributed by atoms with E-state index in [9.17, 15) is 8.78 Å². The van der Waals surface area contributed by atoms with Crippen molar-refractivity contribution in [2.24, 2.45) is 0 Å². The lowest BCUT2D eigenvalue weighted by Crippen LogP contribution is -2.12. The molecule has 0 bridgehead atoms. The molecule has 1 aromatic heterocycles. The van der Waals surface area contributed by atoms with E-state index in [1.807, 2.05) is 62.4 Å². The number of nitrogens with zero attached hydrogens (tertiary/aromatic N) is 2. The Hall–Kier alpha value is -3.02. The van der Waals surface area contributed by atoms with Crippen molar-refractivity contribution in [3.8, 4) is 34.0 Å². The average Bonchev–Trinajstić information content (AvgIpc) is 2.89. The van der Waals surface area contributed by atoms with Crippen LogP contribution in [0.1, 0.15) is 52.4 Å². The summed E-state index contributed by atoms with van der Waals surface area (Å²) in [6.45, 7) is 4.24. The van der Waals surface area contributed by atoms with Crippen molar-refractivity contribution in [3.63, 3.8) is 0 Å². The Balaban J connectivity index is 1.53. The van der Waals surface area contributed by atoms with Crippen LogP contribution in [0.5, 0.6) is 11.5 Å². The number of hydrogen-bond donors (Lipinski definition) is 0. The Morgan fingerprint density at radius 2 is 1.09 bits per heavy atom. The number of unbranched alkanes of at least 4 members (excludes halogenated alkanes) is 2. The lowest BCUT2D eigenvalue weighted by atomic mass is 10.1. The van der Waals surface area contributed by atoms with Gasteiger partial charge in [0.25, 0.3) is 0 Å². The first kappa shape index (κ1) is 25.6. The smallest absolute Gasteiger partial charge is 0.159 e. The van der Waals surface area contributed by atoms with Crippen molar-refractivity contribution < 1.29 is 18.3 Å². The fourth-order valence-corrected chi connectivity index (χ4v) is 3.46. The predicted molar refractivity (Wildman–Crippen MR) is 133 cm³/mol. The molecule has 2 unspecified atom stereocenters. The zero-order chi connectivity index (χ0) is 24.2. The Kier molecular flexibility index (Phi) is 10.3. The summed E-state index contributed by atoms with van der Waals surface area (Å²) in [6, 6.07) is 14.8.